The summed E-state index contributed by atoms with van der Waals surface area (Å²) >= 11 is 0. The molecule has 0 saturated heterocycles. The molecule has 0 spiro atoms. The molecule has 4 heterocycles. The highest BCUT2D eigenvalue weighted by atomic mass is 19.4. The number of halogens is 3. The molecule has 0 bridgehead atoms. The second kappa shape index (κ2) is 9.61. The average Bonchev–Trinajstić information content (AvgIpc) is 3.71. The fraction of sp³-hybridized carbons (Fsp3) is 0.321. The molecule has 1 aliphatic heterocycles. The van der Waals surface area contributed by atoms with Gasteiger partial charge in [-0.1, -0.05) is 24.3 Å². The van der Waals surface area contributed by atoms with Crippen LogP contribution in [0.4, 0.5) is 24.7 Å². The first-order valence-electron chi connectivity index (χ1n) is 12.8. The van der Waals surface area contributed by atoms with Gasteiger partial charge >= 0.3 is 6.18 Å². The van der Waals surface area contributed by atoms with E-state index >= 15 is 0 Å². The minimum atomic E-state index is -4.52. The lowest BCUT2D eigenvalue weighted by Crippen LogP contribution is -2.44. The number of carbonyl (C=O) groups is 1. The molecule has 0 N–H and O–H groups in total. The van der Waals surface area contributed by atoms with E-state index in [0.717, 1.165) is 35.7 Å². The third-order valence-corrected chi connectivity index (χ3v) is 7.25. The number of nitrogens with zero attached hydrogens (tertiary/aromatic N) is 7. The minimum Gasteiger partial charge on any atom is -0.480 e. The highest BCUT2D eigenvalue weighted by Crippen LogP contribution is 2.46. The summed E-state index contributed by atoms with van der Waals surface area (Å²) in [7, 11) is 4.79. The van der Waals surface area contributed by atoms with Gasteiger partial charge < -0.3 is 19.1 Å². The van der Waals surface area contributed by atoms with Gasteiger partial charge in [-0.05, 0) is 36.0 Å². The molecule has 2 aliphatic rings. The number of alkyl halides is 3. The molecule has 6 rings (SSSR count). The van der Waals surface area contributed by atoms with E-state index < -0.39 is 11.9 Å². The van der Waals surface area contributed by atoms with Crippen molar-refractivity contribution in [2.45, 2.75) is 31.5 Å². The van der Waals surface area contributed by atoms with Gasteiger partial charge in [-0.3, -0.25) is 4.79 Å². The number of hydrogen-bond donors (Lipinski definition) is 0. The lowest BCUT2D eigenvalue weighted by atomic mass is 10.0. The molecule has 3 aromatic heterocycles. The monoisotopic (exact) mass is 549 g/mol. The van der Waals surface area contributed by atoms with Crippen molar-refractivity contribution in [3.8, 4) is 28.7 Å². The molecule has 1 fully saturated rings. The number of rotatable bonds is 6. The van der Waals surface area contributed by atoms with Crippen molar-refractivity contribution < 1.29 is 22.7 Å². The molecule has 40 heavy (non-hydrogen) atoms. The third kappa shape index (κ3) is 4.63. The van der Waals surface area contributed by atoms with Gasteiger partial charge in [0.2, 0.25) is 11.8 Å². The normalized spacial score (nSPS) is 15.4. The van der Waals surface area contributed by atoms with Gasteiger partial charge in [0.1, 0.15) is 11.5 Å². The van der Waals surface area contributed by atoms with Crippen molar-refractivity contribution in [2.24, 2.45) is 7.05 Å². The quantitative estimate of drug-likeness (QED) is 0.341. The van der Waals surface area contributed by atoms with Crippen molar-refractivity contribution in [2.75, 3.05) is 30.5 Å². The maximum Gasteiger partial charge on any atom is 0.434 e. The molecular weight excluding hydrogens is 523 g/mol. The standard InChI is InChI=1S/C28H26F3N7O2/c1-36-14-21(28(29,30)31)34-25(36)18-6-4-16(5-7-18)13-38-15-22(39)37(2)20-12-33-24(35-26(20)38)23-19(17-8-9-17)10-11-32-27(23)40-3/h4-7,10-12,14,17H,8-9,13,15H2,1-3H3. The Balaban J connectivity index is 1.33. The number of hydrogen-bond acceptors (Lipinski definition) is 7. The molecular formula is C28H26F3N7O2. The highest BCUT2D eigenvalue weighted by Gasteiger charge is 2.35. The summed E-state index contributed by atoms with van der Waals surface area (Å²) < 4.78 is 46.3. The number of imidazole rings is 1. The van der Waals surface area contributed by atoms with E-state index in [0.29, 0.717) is 41.2 Å². The Morgan fingerprint density at radius 1 is 1.05 bits per heavy atom. The summed E-state index contributed by atoms with van der Waals surface area (Å²) in [5.41, 5.74) is 2.91. The van der Waals surface area contributed by atoms with E-state index in [-0.39, 0.29) is 18.3 Å². The molecule has 1 saturated carbocycles. The van der Waals surface area contributed by atoms with Crippen LogP contribution in [0.1, 0.15) is 35.6 Å². The Morgan fingerprint density at radius 2 is 1.80 bits per heavy atom. The highest BCUT2D eigenvalue weighted by molar-refractivity contribution is 6.02. The zero-order valence-electron chi connectivity index (χ0n) is 22.1. The topological polar surface area (TPSA) is 89.3 Å². The first-order chi connectivity index (χ1) is 19.1. The molecule has 0 atom stereocenters. The number of ether oxygens (including phenoxy) is 1. The first-order valence-corrected chi connectivity index (χ1v) is 12.8. The van der Waals surface area contributed by atoms with Gasteiger partial charge in [-0.2, -0.15) is 13.2 Å². The molecule has 9 nitrogen and oxygen atoms in total. The SMILES string of the molecule is COc1nccc(C2CC2)c1-c1ncc2c(n1)N(Cc1ccc(-c3nc(C(F)(F)F)cn3C)cc1)CC(=O)N2C. The van der Waals surface area contributed by atoms with Crippen molar-refractivity contribution in [1.82, 2.24) is 24.5 Å². The van der Waals surface area contributed by atoms with Crippen molar-refractivity contribution in [3.05, 3.63) is 65.7 Å². The second-order valence-corrected chi connectivity index (χ2v) is 10.0. The van der Waals surface area contributed by atoms with Crippen LogP contribution in [0.5, 0.6) is 5.88 Å². The van der Waals surface area contributed by atoms with E-state index in [1.165, 1.54) is 11.6 Å². The predicted molar refractivity (Wildman–Crippen MR) is 142 cm³/mol. The summed E-state index contributed by atoms with van der Waals surface area (Å²) in [6.45, 7) is 0.465. The number of fused-ring (bicyclic) bond motifs is 1. The molecule has 4 aromatic rings. The van der Waals surface area contributed by atoms with Crippen LogP contribution in [-0.4, -0.2) is 51.1 Å². The third-order valence-electron chi connectivity index (χ3n) is 7.25. The van der Waals surface area contributed by atoms with Gasteiger partial charge in [0.25, 0.3) is 0 Å². The van der Waals surface area contributed by atoms with Crippen LogP contribution in [0.15, 0.2) is 48.9 Å². The number of anilines is 2. The fourth-order valence-electron chi connectivity index (χ4n) is 4.99. The largest absolute Gasteiger partial charge is 0.480 e. The maximum absolute atomic E-state index is 13.1. The van der Waals surface area contributed by atoms with Gasteiger partial charge in [0, 0.05) is 38.6 Å². The summed E-state index contributed by atoms with van der Waals surface area (Å²) in [6, 6.07) is 9.07. The lowest BCUT2D eigenvalue weighted by molar-refractivity contribution is -0.140. The number of aromatic nitrogens is 5. The zero-order valence-corrected chi connectivity index (χ0v) is 22.1. The molecule has 0 unspecified atom stereocenters. The van der Waals surface area contributed by atoms with E-state index in [1.807, 2.05) is 23.1 Å². The van der Waals surface area contributed by atoms with Crippen LogP contribution in [0.2, 0.25) is 0 Å². The number of methoxy groups -OCH3 is 1. The summed E-state index contributed by atoms with van der Waals surface area (Å²) in [6.07, 6.45) is 2.00. The molecule has 12 heteroatoms. The fourth-order valence-corrected chi connectivity index (χ4v) is 4.99. The summed E-state index contributed by atoms with van der Waals surface area (Å²) in [5.74, 6) is 2.05. The molecule has 1 amide bonds. The van der Waals surface area contributed by atoms with E-state index in [9.17, 15) is 18.0 Å². The van der Waals surface area contributed by atoms with Crippen LogP contribution in [0.25, 0.3) is 22.8 Å². The van der Waals surface area contributed by atoms with Crippen LogP contribution in [0, 0.1) is 0 Å². The van der Waals surface area contributed by atoms with Crippen molar-refractivity contribution >= 4 is 17.4 Å². The number of benzene rings is 1. The predicted octanol–water partition coefficient (Wildman–Crippen LogP) is 4.83. The average molecular weight is 550 g/mol. The summed E-state index contributed by atoms with van der Waals surface area (Å²) in [4.78, 5) is 33.9. The number of aryl methyl sites for hydroxylation is 1. The smallest absolute Gasteiger partial charge is 0.434 e. The van der Waals surface area contributed by atoms with Crippen LogP contribution < -0.4 is 14.5 Å². The molecule has 0 radical (unpaired) electrons. The molecule has 1 aromatic carbocycles. The van der Waals surface area contributed by atoms with Crippen molar-refractivity contribution in [1.29, 1.82) is 0 Å². The zero-order chi connectivity index (χ0) is 28.2. The Morgan fingerprint density at radius 3 is 2.45 bits per heavy atom. The van der Waals surface area contributed by atoms with Crippen LogP contribution in [-0.2, 0) is 24.6 Å². The van der Waals surface area contributed by atoms with Gasteiger partial charge in [-0.15, -0.1) is 0 Å². The van der Waals surface area contributed by atoms with Gasteiger partial charge in [0.05, 0.1) is 25.4 Å². The Kier molecular flexibility index (Phi) is 6.20. The van der Waals surface area contributed by atoms with Gasteiger partial charge in [-0.25, -0.2) is 19.9 Å². The van der Waals surface area contributed by atoms with E-state index in [4.69, 9.17) is 9.72 Å². The lowest BCUT2D eigenvalue weighted by Gasteiger charge is -2.34. The minimum absolute atomic E-state index is 0.106. The Bertz CT molecular complexity index is 1600. The maximum atomic E-state index is 13.1. The Labute approximate surface area is 228 Å². The number of likely N-dealkylation sites (N-methyl/N-ethyl adjacent to an activating group) is 1. The van der Waals surface area contributed by atoms with E-state index in [1.54, 1.807) is 43.6 Å². The van der Waals surface area contributed by atoms with Crippen molar-refractivity contribution in [3.63, 3.8) is 0 Å². The number of carbonyl (C=O) groups excluding carboxylic acids is 1. The molecule has 206 valence electrons. The van der Waals surface area contributed by atoms with Crippen LogP contribution >= 0.6 is 0 Å². The summed E-state index contributed by atoms with van der Waals surface area (Å²) in [5, 5.41) is 0. The molecule has 1 aliphatic carbocycles. The van der Waals surface area contributed by atoms with Crippen LogP contribution in [0.3, 0.4) is 0 Å². The second-order valence-electron chi connectivity index (χ2n) is 10.0. The number of pyridine rings is 1. The Hall–Kier alpha value is -4.48. The first kappa shape index (κ1) is 25.8. The van der Waals surface area contributed by atoms with E-state index in [2.05, 4.69) is 15.0 Å². The van der Waals surface area contributed by atoms with Gasteiger partial charge in [0.15, 0.2) is 17.3 Å². The number of amides is 1.